The van der Waals surface area contributed by atoms with Gasteiger partial charge in [0.15, 0.2) is 0 Å². The SMILES string of the molecule is C1=CCC(c2ccc(N(c3ccccc3)c3ccc(-c4cc5c6cccc(C7=CC(c8ccccc8)=CCC7)c6oc5c5ccccc45)c4ccccc34)cc2)C=C1. The van der Waals surface area contributed by atoms with Crippen LogP contribution in [0.2, 0.25) is 0 Å². The van der Waals surface area contributed by atoms with Gasteiger partial charge in [-0.15, -0.1) is 0 Å². The first kappa shape index (κ1) is 34.1. The number of anilines is 3. The smallest absolute Gasteiger partial charge is 0.143 e. The van der Waals surface area contributed by atoms with Crippen molar-refractivity contribution in [1.29, 1.82) is 0 Å². The minimum absolute atomic E-state index is 0.407. The van der Waals surface area contributed by atoms with Gasteiger partial charge in [0, 0.05) is 44.4 Å². The normalized spacial score (nSPS) is 15.3. The molecule has 276 valence electrons. The van der Waals surface area contributed by atoms with Gasteiger partial charge in [0.25, 0.3) is 0 Å². The topological polar surface area (TPSA) is 16.4 Å². The van der Waals surface area contributed by atoms with E-state index in [-0.39, 0.29) is 0 Å². The Balaban J connectivity index is 1.07. The van der Waals surface area contributed by atoms with Crippen molar-refractivity contribution < 1.29 is 4.42 Å². The summed E-state index contributed by atoms with van der Waals surface area (Å²) in [6.07, 6.45) is 16.6. The molecule has 1 unspecified atom stereocenters. The van der Waals surface area contributed by atoms with Gasteiger partial charge in [0.2, 0.25) is 0 Å². The highest BCUT2D eigenvalue weighted by Gasteiger charge is 2.22. The first-order valence-electron chi connectivity index (χ1n) is 20.4. The molecule has 0 N–H and O–H groups in total. The number of fused-ring (bicyclic) bond motifs is 6. The van der Waals surface area contributed by atoms with Crippen LogP contribution in [0, 0.1) is 0 Å². The number of hydrogen-bond acceptors (Lipinski definition) is 2. The van der Waals surface area contributed by atoms with Crippen molar-refractivity contribution in [2.45, 2.75) is 25.2 Å². The zero-order valence-corrected chi connectivity index (χ0v) is 32.2. The summed E-state index contributed by atoms with van der Waals surface area (Å²) in [5, 5.41) is 7.01. The molecule has 1 aromatic heterocycles. The predicted octanol–water partition coefficient (Wildman–Crippen LogP) is 15.9. The molecule has 2 heteroatoms. The van der Waals surface area contributed by atoms with Gasteiger partial charge in [0.1, 0.15) is 11.2 Å². The highest BCUT2D eigenvalue weighted by atomic mass is 16.3. The van der Waals surface area contributed by atoms with Gasteiger partial charge in [-0.05, 0) is 99.8 Å². The fourth-order valence-corrected chi connectivity index (χ4v) is 9.26. The summed E-state index contributed by atoms with van der Waals surface area (Å²) in [5.41, 5.74) is 14.1. The van der Waals surface area contributed by atoms with E-state index in [1.165, 1.54) is 55.1 Å². The lowest BCUT2D eigenvalue weighted by Gasteiger charge is -2.28. The lowest BCUT2D eigenvalue weighted by atomic mass is 9.89. The number of para-hydroxylation sites is 2. The summed E-state index contributed by atoms with van der Waals surface area (Å²) in [6, 6.07) is 61.9. The number of rotatable bonds is 7. The van der Waals surface area contributed by atoms with E-state index in [0.29, 0.717) is 5.92 Å². The maximum atomic E-state index is 6.99. The van der Waals surface area contributed by atoms with Crippen molar-refractivity contribution in [2.75, 3.05) is 4.90 Å². The fraction of sp³-hybridized carbons (Fsp3) is 0.0714. The second-order valence-electron chi connectivity index (χ2n) is 15.5. The molecule has 0 radical (unpaired) electrons. The molecular weight excluding hydrogens is 703 g/mol. The van der Waals surface area contributed by atoms with Crippen LogP contribution in [-0.4, -0.2) is 0 Å². The van der Waals surface area contributed by atoms with E-state index in [2.05, 4.69) is 211 Å². The first-order chi connectivity index (χ1) is 28.8. The van der Waals surface area contributed by atoms with Gasteiger partial charge in [-0.25, -0.2) is 0 Å². The molecule has 0 spiro atoms. The van der Waals surface area contributed by atoms with Crippen LogP contribution in [0.5, 0.6) is 0 Å². The predicted molar refractivity (Wildman–Crippen MR) is 246 cm³/mol. The standard InChI is InChI=1S/C56H41NO/c1-4-16-38(17-5-1)40-30-32-44(33-31-40)57(43-22-8-3-9-23-43)54-35-34-48(46-24-10-12-26-49(46)54)52-37-53-51-29-15-28-45(55(51)58-56(53)50-27-13-11-25-47(50)52)42-21-14-20-41(36-42)39-18-6-2-7-19-39/h1-13,15-16,18-20,22-38H,14,17,21H2. The summed E-state index contributed by atoms with van der Waals surface area (Å²) >= 11 is 0. The zero-order chi connectivity index (χ0) is 38.4. The molecule has 0 aliphatic heterocycles. The highest BCUT2D eigenvalue weighted by Crippen LogP contribution is 2.47. The van der Waals surface area contributed by atoms with E-state index in [9.17, 15) is 0 Å². The Morgan fingerprint density at radius 1 is 0.500 bits per heavy atom. The van der Waals surface area contributed by atoms with Crippen molar-refractivity contribution in [2.24, 2.45) is 0 Å². The molecule has 2 aliphatic carbocycles. The maximum Gasteiger partial charge on any atom is 0.143 e. The van der Waals surface area contributed by atoms with Gasteiger partial charge in [-0.1, -0.05) is 170 Å². The number of furan rings is 1. The van der Waals surface area contributed by atoms with Crippen LogP contribution in [0.15, 0.2) is 211 Å². The molecular formula is C56H41NO. The number of allylic oxidation sites excluding steroid dienone is 8. The molecule has 2 aliphatic rings. The van der Waals surface area contributed by atoms with Crippen LogP contribution >= 0.6 is 0 Å². The highest BCUT2D eigenvalue weighted by molar-refractivity contribution is 6.22. The maximum absolute atomic E-state index is 6.99. The molecule has 9 aromatic rings. The quantitative estimate of drug-likeness (QED) is 0.162. The summed E-state index contributed by atoms with van der Waals surface area (Å²) in [7, 11) is 0. The van der Waals surface area contributed by atoms with Crippen LogP contribution < -0.4 is 4.90 Å². The van der Waals surface area contributed by atoms with E-state index in [1.54, 1.807) is 0 Å². The van der Waals surface area contributed by atoms with Crippen LogP contribution in [0.4, 0.5) is 17.1 Å². The Hall–Kier alpha value is -7.16. The van der Waals surface area contributed by atoms with Crippen LogP contribution in [-0.2, 0) is 0 Å². The molecule has 0 fully saturated rings. The van der Waals surface area contributed by atoms with Gasteiger partial charge >= 0.3 is 0 Å². The van der Waals surface area contributed by atoms with Gasteiger partial charge in [0.05, 0.1) is 5.69 Å². The Morgan fingerprint density at radius 3 is 1.95 bits per heavy atom. The third-order valence-electron chi connectivity index (χ3n) is 12.1. The van der Waals surface area contributed by atoms with E-state index < -0.39 is 0 Å². The van der Waals surface area contributed by atoms with E-state index in [0.717, 1.165) is 63.6 Å². The molecule has 2 nitrogen and oxygen atoms in total. The largest absolute Gasteiger partial charge is 0.455 e. The second kappa shape index (κ2) is 14.4. The molecule has 0 saturated carbocycles. The van der Waals surface area contributed by atoms with Crippen molar-refractivity contribution in [3.8, 4) is 11.1 Å². The molecule has 8 aromatic carbocycles. The molecule has 0 saturated heterocycles. The fourth-order valence-electron chi connectivity index (χ4n) is 9.26. The van der Waals surface area contributed by atoms with E-state index in [1.807, 2.05) is 0 Å². The number of nitrogens with zero attached hydrogens (tertiary/aromatic N) is 1. The Kier molecular flexibility index (Phi) is 8.47. The monoisotopic (exact) mass is 743 g/mol. The summed E-state index contributed by atoms with van der Waals surface area (Å²) in [5.74, 6) is 0.407. The number of hydrogen-bond donors (Lipinski definition) is 0. The van der Waals surface area contributed by atoms with E-state index >= 15 is 0 Å². The van der Waals surface area contributed by atoms with Crippen molar-refractivity contribution in [3.63, 3.8) is 0 Å². The Morgan fingerprint density at radius 2 is 1.17 bits per heavy atom. The van der Waals surface area contributed by atoms with Crippen LogP contribution in [0.25, 0.3) is 65.8 Å². The van der Waals surface area contributed by atoms with Crippen LogP contribution in [0.3, 0.4) is 0 Å². The summed E-state index contributed by atoms with van der Waals surface area (Å²) in [4.78, 5) is 2.40. The second-order valence-corrected chi connectivity index (χ2v) is 15.5. The summed E-state index contributed by atoms with van der Waals surface area (Å²) in [6.45, 7) is 0. The lowest BCUT2D eigenvalue weighted by molar-refractivity contribution is 0.671. The molecule has 0 bridgehead atoms. The summed E-state index contributed by atoms with van der Waals surface area (Å²) < 4.78 is 6.99. The van der Waals surface area contributed by atoms with Gasteiger partial charge in [-0.2, -0.15) is 0 Å². The average Bonchev–Trinajstić information content (AvgIpc) is 3.69. The third-order valence-corrected chi connectivity index (χ3v) is 12.1. The lowest BCUT2D eigenvalue weighted by Crippen LogP contribution is -2.11. The van der Waals surface area contributed by atoms with Gasteiger partial charge < -0.3 is 9.32 Å². The average molecular weight is 744 g/mol. The first-order valence-corrected chi connectivity index (χ1v) is 20.4. The third kappa shape index (κ3) is 5.88. The Bertz CT molecular complexity index is 3130. The molecule has 11 rings (SSSR count). The van der Waals surface area contributed by atoms with Crippen molar-refractivity contribution in [1.82, 2.24) is 0 Å². The number of benzene rings is 8. The molecule has 0 amide bonds. The van der Waals surface area contributed by atoms with Gasteiger partial charge in [-0.3, -0.25) is 0 Å². The minimum atomic E-state index is 0.407. The molecule has 58 heavy (non-hydrogen) atoms. The molecule has 1 heterocycles. The Labute approximate surface area is 339 Å². The van der Waals surface area contributed by atoms with E-state index in [4.69, 9.17) is 4.42 Å². The van der Waals surface area contributed by atoms with Crippen molar-refractivity contribution >= 4 is 71.7 Å². The van der Waals surface area contributed by atoms with Crippen molar-refractivity contribution in [3.05, 3.63) is 223 Å². The van der Waals surface area contributed by atoms with Crippen LogP contribution in [0.1, 0.15) is 41.9 Å². The molecule has 1 atom stereocenters. The zero-order valence-electron chi connectivity index (χ0n) is 32.2. The minimum Gasteiger partial charge on any atom is -0.455 e.